The largest absolute Gasteiger partial charge is 0.481 e. The van der Waals surface area contributed by atoms with Crippen LogP contribution in [0.4, 0.5) is 0 Å². The maximum Gasteiger partial charge on any atom is 0.308 e. The molecule has 0 saturated carbocycles. The quantitative estimate of drug-likeness (QED) is 0.674. The summed E-state index contributed by atoms with van der Waals surface area (Å²) in [6, 6.07) is 0. The number of hydrogen-bond donors (Lipinski definition) is 2. The van der Waals surface area contributed by atoms with Crippen LogP contribution in [0.3, 0.4) is 0 Å². The lowest BCUT2D eigenvalue weighted by Crippen LogP contribution is -2.33. The minimum Gasteiger partial charge on any atom is -0.481 e. The molecule has 0 aromatic rings. The summed E-state index contributed by atoms with van der Waals surface area (Å²) in [5.41, 5.74) is 0. The molecule has 1 rings (SSSR count). The van der Waals surface area contributed by atoms with E-state index in [1.54, 1.807) is 11.8 Å². The first-order valence-electron chi connectivity index (χ1n) is 4.66. The van der Waals surface area contributed by atoms with Gasteiger partial charge in [-0.2, -0.15) is 12.6 Å². The molecule has 5 heteroatoms. The summed E-state index contributed by atoms with van der Waals surface area (Å²) < 4.78 is 0. The van der Waals surface area contributed by atoms with Crippen molar-refractivity contribution in [2.45, 2.75) is 13.3 Å². The minimum absolute atomic E-state index is 0.0529. The van der Waals surface area contributed by atoms with Crippen molar-refractivity contribution in [1.29, 1.82) is 0 Å². The van der Waals surface area contributed by atoms with Crippen LogP contribution >= 0.6 is 12.6 Å². The van der Waals surface area contributed by atoms with Gasteiger partial charge >= 0.3 is 5.97 Å². The number of carboxylic acid groups (broad SMARTS) is 1. The molecule has 4 nitrogen and oxygen atoms in total. The number of aliphatic carboxylic acids is 1. The smallest absolute Gasteiger partial charge is 0.308 e. The van der Waals surface area contributed by atoms with Crippen LogP contribution in [0.15, 0.2) is 0 Å². The van der Waals surface area contributed by atoms with Crippen molar-refractivity contribution >= 4 is 24.5 Å². The van der Waals surface area contributed by atoms with E-state index in [0.717, 1.165) is 0 Å². The first-order chi connectivity index (χ1) is 6.54. The predicted octanol–water partition coefficient (Wildman–Crippen LogP) is 0.485. The van der Waals surface area contributed by atoms with Crippen LogP contribution in [0.2, 0.25) is 0 Å². The van der Waals surface area contributed by atoms with Crippen LogP contribution in [-0.4, -0.2) is 40.7 Å². The van der Waals surface area contributed by atoms with Crippen molar-refractivity contribution in [1.82, 2.24) is 4.90 Å². The Morgan fingerprint density at radius 3 is 2.86 bits per heavy atom. The Bertz CT molecular complexity index is 244. The van der Waals surface area contributed by atoms with Crippen LogP contribution in [-0.2, 0) is 9.59 Å². The standard InChI is InChI=1S/C9H15NO3S/c1-6(9(12)13)3-10-4-7(5-14)2-8(10)11/h6-7,14H,2-5H2,1H3,(H,12,13). The predicted molar refractivity (Wildman–Crippen MR) is 55.3 cm³/mol. The zero-order valence-electron chi connectivity index (χ0n) is 8.14. The first kappa shape index (κ1) is 11.4. The lowest BCUT2D eigenvalue weighted by atomic mass is 10.1. The summed E-state index contributed by atoms with van der Waals surface area (Å²) in [6.45, 7) is 2.59. The summed E-state index contributed by atoms with van der Waals surface area (Å²) in [4.78, 5) is 23.6. The van der Waals surface area contributed by atoms with E-state index < -0.39 is 11.9 Å². The molecule has 2 atom stereocenters. The third kappa shape index (κ3) is 2.64. The molecule has 1 amide bonds. The van der Waals surface area contributed by atoms with Gasteiger partial charge in [-0.15, -0.1) is 0 Å². The fourth-order valence-electron chi connectivity index (χ4n) is 1.56. The summed E-state index contributed by atoms with van der Waals surface area (Å²) in [5, 5.41) is 8.70. The number of carbonyl (C=O) groups is 2. The Hall–Kier alpha value is -0.710. The summed E-state index contributed by atoms with van der Waals surface area (Å²) in [6.07, 6.45) is 0.510. The van der Waals surface area contributed by atoms with Gasteiger partial charge in [0.15, 0.2) is 0 Å². The van der Waals surface area contributed by atoms with Gasteiger partial charge in [-0.05, 0) is 11.7 Å². The fraction of sp³-hybridized carbons (Fsp3) is 0.778. The van der Waals surface area contributed by atoms with Crippen LogP contribution in [0.25, 0.3) is 0 Å². The minimum atomic E-state index is -0.855. The number of amides is 1. The van der Waals surface area contributed by atoms with E-state index in [9.17, 15) is 9.59 Å². The molecule has 0 spiro atoms. The molecular formula is C9H15NO3S. The average molecular weight is 217 g/mol. The van der Waals surface area contributed by atoms with Crippen LogP contribution in [0.5, 0.6) is 0 Å². The van der Waals surface area contributed by atoms with Crippen molar-refractivity contribution in [2.24, 2.45) is 11.8 Å². The van der Waals surface area contributed by atoms with E-state index in [1.807, 2.05) is 0 Å². The molecule has 1 saturated heterocycles. The molecule has 0 aromatic carbocycles. The van der Waals surface area contributed by atoms with Gasteiger partial charge in [0.2, 0.25) is 5.91 Å². The Morgan fingerprint density at radius 2 is 2.43 bits per heavy atom. The van der Waals surface area contributed by atoms with E-state index in [0.29, 0.717) is 25.3 Å². The molecule has 14 heavy (non-hydrogen) atoms. The second-order valence-electron chi connectivity index (χ2n) is 3.79. The molecule has 0 aromatic heterocycles. The van der Waals surface area contributed by atoms with Crippen molar-refractivity contribution in [3.63, 3.8) is 0 Å². The normalized spacial score (nSPS) is 24.0. The number of likely N-dealkylation sites (tertiary alicyclic amines) is 1. The number of hydrogen-bond acceptors (Lipinski definition) is 3. The summed E-state index contributed by atoms with van der Waals surface area (Å²) >= 11 is 4.13. The van der Waals surface area contributed by atoms with Gasteiger partial charge in [-0.25, -0.2) is 0 Å². The maximum atomic E-state index is 11.4. The lowest BCUT2D eigenvalue weighted by Gasteiger charge is -2.18. The molecule has 2 unspecified atom stereocenters. The van der Waals surface area contributed by atoms with Gasteiger partial charge in [0, 0.05) is 19.5 Å². The van der Waals surface area contributed by atoms with E-state index in [2.05, 4.69) is 12.6 Å². The molecular weight excluding hydrogens is 202 g/mol. The molecule has 1 aliphatic rings. The third-order valence-electron chi connectivity index (χ3n) is 2.47. The second kappa shape index (κ2) is 4.68. The third-order valence-corrected chi connectivity index (χ3v) is 2.99. The van der Waals surface area contributed by atoms with Gasteiger partial charge in [0.05, 0.1) is 5.92 Å². The maximum absolute atomic E-state index is 11.4. The van der Waals surface area contributed by atoms with Crippen LogP contribution in [0, 0.1) is 11.8 Å². The highest BCUT2D eigenvalue weighted by Gasteiger charge is 2.30. The van der Waals surface area contributed by atoms with Crippen LogP contribution < -0.4 is 0 Å². The zero-order chi connectivity index (χ0) is 10.7. The van der Waals surface area contributed by atoms with E-state index in [4.69, 9.17) is 5.11 Å². The van der Waals surface area contributed by atoms with Gasteiger partial charge in [0.25, 0.3) is 0 Å². The van der Waals surface area contributed by atoms with Crippen LogP contribution in [0.1, 0.15) is 13.3 Å². The number of nitrogens with zero attached hydrogens (tertiary/aromatic N) is 1. The average Bonchev–Trinajstić information content (AvgIpc) is 2.47. The molecule has 0 radical (unpaired) electrons. The molecule has 0 bridgehead atoms. The Labute approximate surface area is 88.7 Å². The van der Waals surface area contributed by atoms with Crippen molar-refractivity contribution < 1.29 is 14.7 Å². The highest BCUT2D eigenvalue weighted by Crippen LogP contribution is 2.19. The van der Waals surface area contributed by atoms with Gasteiger partial charge in [-0.1, -0.05) is 6.92 Å². The molecule has 0 aliphatic carbocycles. The molecule has 80 valence electrons. The number of rotatable bonds is 4. The van der Waals surface area contributed by atoms with Gasteiger partial charge in [0.1, 0.15) is 0 Å². The summed E-state index contributed by atoms with van der Waals surface area (Å²) in [5.74, 6) is -0.322. The lowest BCUT2D eigenvalue weighted by molar-refractivity contribution is -0.142. The molecule has 1 N–H and O–H groups in total. The molecule has 1 heterocycles. The SMILES string of the molecule is CC(CN1CC(CS)CC1=O)C(=O)O. The van der Waals surface area contributed by atoms with Crippen molar-refractivity contribution in [3.05, 3.63) is 0 Å². The first-order valence-corrected chi connectivity index (χ1v) is 5.29. The van der Waals surface area contributed by atoms with E-state index >= 15 is 0 Å². The topological polar surface area (TPSA) is 57.6 Å². The number of carboxylic acids is 1. The van der Waals surface area contributed by atoms with Crippen molar-refractivity contribution in [2.75, 3.05) is 18.8 Å². The van der Waals surface area contributed by atoms with E-state index in [1.165, 1.54) is 0 Å². The highest BCUT2D eigenvalue weighted by atomic mass is 32.1. The molecule has 1 aliphatic heterocycles. The highest BCUT2D eigenvalue weighted by molar-refractivity contribution is 7.80. The monoisotopic (exact) mass is 217 g/mol. The van der Waals surface area contributed by atoms with Crippen molar-refractivity contribution in [3.8, 4) is 0 Å². The fourth-order valence-corrected chi connectivity index (χ4v) is 1.81. The van der Waals surface area contributed by atoms with E-state index in [-0.39, 0.29) is 11.8 Å². The number of carbonyl (C=O) groups excluding carboxylic acids is 1. The van der Waals surface area contributed by atoms with Gasteiger partial charge < -0.3 is 10.0 Å². The summed E-state index contributed by atoms with van der Waals surface area (Å²) in [7, 11) is 0. The zero-order valence-corrected chi connectivity index (χ0v) is 9.04. The molecule has 1 fully saturated rings. The number of thiol groups is 1. The Balaban J connectivity index is 2.46. The Morgan fingerprint density at radius 1 is 1.79 bits per heavy atom. The Kier molecular flexibility index (Phi) is 3.80. The second-order valence-corrected chi connectivity index (χ2v) is 4.16. The van der Waals surface area contributed by atoms with Gasteiger partial charge in [-0.3, -0.25) is 9.59 Å².